The third-order valence-electron chi connectivity index (χ3n) is 9.00. The van der Waals surface area contributed by atoms with E-state index in [0.29, 0.717) is 18.4 Å². The molecule has 30 heavy (non-hydrogen) atoms. The lowest BCUT2D eigenvalue weighted by Gasteiger charge is -2.68. The molecule has 2 N–H and O–H groups in total. The highest BCUT2D eigenvalue weighted by Gasteiger charge is 2.74. The van der Waals surface area contributed by atoms with Gasteiger partial charge in [0, 0.05) is 30.6 Å². The molecule has 2 bridgehead atoms. The zero-order valence-corrected chi connectivity index (χ0v) is 17.6. The highest BCUT2D eigenvalue weighted by atomic mass is 16.7. The van der Waals surface area contributed by atoms with Crippen LogP contribution < -0.4 is 0 Å². The molecule has 1 unspecified atom stereocenters. The molecule has 0 aromatic carbocycles. The largest absolute Gasteiger partial charge is 0.468 e. The van der Waals surface area contributed by atoms with E-state index in [-0.39, 0.29) is 30.1 Å². The fourth-order valence-corrected chi connectivity index (χ4v) is 7.98. The standard InChI is InChI=1S/C22H30O8/c1-11-12-5-6-15-20(14(12)10-22(26)13(11)9-16(23)30-22)7-4-8-21(15,17(24)27-2)18(25)29-19(20)28-3/h9,11-12,14-15,18-19,25-26H,4-8,10H2,1-3H3/t11-,12+,14+,15-,18-,19?,20-,21+,22-/m1/s1. The van der Waals surface area contributed by atoms with Crippen LogP contribution in [0.1, 0.15) is 45.4 Å². The van der Waals surface area contributed by atoms with E-state index in [1.807, 2.05) is 6.92 Å². The fraction of sp³-hybridized carbons (Fsp3) is 0.818. The van der Waals surface area contributed by atoms with Gasteiger partial charge in [-0.25, -0.2) is 4.79 Å². The molecule has 0 amide bonds. The molecule has 3 saturated carbocycles. The van der Waals surface area contributed by atoms with Gasteiger partial charge in [0.1, 0.15) is 5.41 Å². The number of carbonyl (C=O) groups is 2. The minimum absolute atomic E-state index is 0.0469. The van der Waals surface area contributed by atoms with Gasteiger partial charge in [-0.2, -0.15) is 0 Å². The van der Waals surface area contributed by atoms with Crippen LogP contribution in [0.5, 0.6) is 0 Å². The summed E-state index contributed by atoms with van der Waals surface area (Å²) in [5.41, 5.74) is -1.10. The summed E-state index contributed by atoms with van der Waals surface area (Å²) < 4.78 is 22.3. The first-order chi connectivity index (χ1) is 14.2. The Kier molecular flexibility index (Phi) is 4.43. The van der Waals surface area contributed by atoms with Crippen LogP contribution in [0.25, 0.3) is 0 Å². The van der Waals surface area contributed by atoms with Gasteiger partial charge in [-0.05, 0) is 49.4 Å². The van der Waals surface area contributed by atoms with Gasteiger partial charge in [0.05, 0.1) is 7.11 Å². The maximum atomic E-state index is 13.0. The number of hydrogen-bond acceptors (Lipinski definition) is 8. The van der Waals surface area contributed by atoms with Crippen LogP contribution in [-0.2, 0) is 28.5 Å². The molecule has 8 heteroatoms. The number of hydrogen-bond donors (Lipinski definition) is 2. The molecule has 0 aromatic heterocycles. The molecule has 2 aliphatic heterocycles. The van der Waals surface area contributed by atoms with Gasteiger partial charge in [0.2, 0.25) is 5.79 Å². The van der Waals surface area contributed by atoms with Crippen molar-refractivity contribution < 1.29 is 38.7 Å². The second-order valence-electron chi connectivity index (χ2n) is 9.75. The molecule has 5 aliphatic rings. The summed E-state index contributed by atoms with van der Waals surface area (Å²) in [6.07, 6.45) is 3.13. The van der Waals surface area contributed by atoms with Gasteiger partial charge in [-0.15, -0.1) is 0 Å². The van der Waals surface area contributed by atoms with Crippen molar-refractivity contribution in [1.82, 2.24) is 0 Å². The molecular weight excluding hydrogens is 392 g/mol. The van der Waals surface area contributed by atoms with Crippen molar-refractivity contribution >= 4 is 11.9 Å². The van der Waals surface area contributed by atoms with Crippen LogP contribution in [-0.4, -0.2) is 54.7 Å². The number of fused-ring (bicyclic) bond motifs is 2. The first-order valence-electron chi connectivity index (χ1n) is 10.9. The molecule has 4 fully saturated rings. The quantitative estimate of drug-likeness (QED) is 0.644. The van der Waals surface area contributed by atoms with Crippen LogP contribution in [0.2, 0.25) is 0 Å². The summed E-state index contributed by atoms with van der Waals surface area (Å²) in [5.74, 6) is -2.76. The van der Waals surface area contributed by atoms with Crippen molar-refractivity contribution in [3.63, 3.8) is 0 Å². The van der Waals surface area contributed by atoms with Gasteiger partial charge in [-0.3, -0.25) is 4.79 Å². The molecule has 8 nitrogen and oxygen atoms in total. The lowest BCUT2D eigenvalue weighted by Crippen LogP contribution is -2.72. The molecule has 166 valence electrons. The first kappa shape index (κ1) is 20.4. The van der Waals surface area contributed by atoms with Gasteiger partial charge in [0.15, 0.2) is 12.6 Å². The molecule has 2 heterocycles. The molecule has 3 aliphatic carbocycles. The third kappa shape index (κ3) is 2.25. The summed E-state index contributed by atoms with van der Waals surface area (Å²) in [5, 5.41) is 22.2. The Morgan fingerprint density at radius 3 is 2.73 bits per heavy atom. The number of ether oxygens (including phenoxy) is 4. The lowest BCUT2D eigenvalue weighted by molar-refractivity contribution is -0.393. The Morgan fingerprint density at radius 1 is 1.27 bits per heavy atom. The Morgan fingerprint density at radius 2 is 2.03 bits per heavy atom. The molecule has 9 atom stereocenters. The minimum atomic E-state index is -1.63. The van der Waals surface area contributed by atoms with Crippen molar-refractivity contribution in [3.05, 3.63) is 11.6 Å². The number of methoxy groups -OCH3 is 2. The summed E-state index contributed by atoms with van der Waals surface area (Å²) in [6.45, 7) is 2.03. The van der Waals surface area contributed by atoms with Crippen LogP contribution in [0.3, 0.4) is 0 Å². The summed E-state index contributed by atoms with van der Waals surface area (Å²) in [7, 11) is 2.89. The molecule has 0 spiro atoms. The highest BCUT2D eigenvalue weighted by molar-refractivity contribution is 5.86. The average Bonchev–Trinajstić information content (AvgIpc) is 3.03. The monoisotopic (exact) mass is 422 g/mol. The van der Waals surface area contributed by atoms with Gasteiger partial charge in [-0.1, -0.05) is 13.3 Å². The van der Waals surface area contributed by atoms with E-state index < -0.39 is 41.1 Å². The summed E-state index contributed by atoms with van der Waals surface area (Å²) in [6, 6.07) is 0. The zero-order chi connectivity index (χ0) is 21.5. The lowest BCUT2D eigenvalue weighted by atomic mass is 9.40. The molecule has 5 rings (SSSR count). The van der Waals surface area contributed by atoms with Crippen molar-refractivity contribution in [1.29, 1.82) is 0 Å². The smallest absolute Gasteiger partial charge is 0.333 e. The average molecular weight is 422 g/mol. The predicted octanol–water partition coefficient (Wildman–Crippen LogP) is 1.49. The fourth-order valence-electron chi connectivity index (χ4n) is 7.98. The normalized spacial score (nSPS) is 51.8. The maximum Gasteiger partial charge on any atom is 0.333 e. The van der Waals surface area contributed by atoms with E-state index in [0.717, 1.165) is 19.3 Å². The second-order valence-corrected chi connectivity index (χ2v) is 9.75. The van der Waals surface area contributed by atoms with Crippen LogP contribution in [0, 0.1) is 34.5 Å². The maximum absolute atomic E-state index is 13.0. The van der Waals surface area contributed by atoms with E-state index in [9.17, 15) is 19.8 Å². The number of rotatable bonds is 2. The third-order valence-corrected chi connectivity index (χ3v) is 9.00. The van der Waals surface area contributed by atoms with Crippen molar-refractivity contribution in [3.8, 4) is 0 Å². The van der Waals surface area contributed by atoms with Gasteiger partial charge < -0.3 is 29.2 Å². The number of esters is 2. The number of aliphatic hydroxyl groups excluding tert-OH is 1. The molecule has 1 saturated heterocycles. The number of carbonyl (C=O) groups excluding carboxylic acids is 2. The Hall–Kier alpha value is -1.48. The first-order valence-corrected chi connectivity index (χ1v) is 10.9. The van der Waals surface area contributed by atoms with Crippen LogP contribution in [0.15, 0.2) is 11.6 Å². The second kappa shape index (κ2) is 6.51. The zero-order valence-electron chi connectivity index (χ0n) is 17.6. The topological polar surface area (TPSA) is 112 Å². The SMILES string of the molecule is COC(=O)[C@@]12CCC[C@@]3(C(OC)O[C@H]1O)[C@H]1C[C@@]4(O)OC(=O)C=C4[C@H](C)[C@@H]1CC[C@@H]23. The predicted molar refractivity (Wildman–Crippen MR) is 101 cm³/mol. The van der Waals surface area contributed by atoms with E-state index in [4.69, 9.17) is 18.9 Å². The van der Waals surface area contributed by atoms with Gasteiger partial charge in [0.25, 0.3) is 0 Å². The Balaban J connectivity index is 1.65. The van der Waals surface area contributed by atoms with Crippen molar-refractivity contribution in [2.75, 3.05) is 14.2 Å². The Bertz CT molecular complexity index is 809. The van der Waals surface area contributed by atoms with E-state index in [1.165, 1.54) is 13.2 Å². The minimum Gasteiger partial charge on any atom is -0.468 e. The summed E-state index contributed by atoms with van der Waals surface area (Å²) in [4.78, 5) is 25.0. The highest BCUT2D eigenvalue weighted by Crippen LogP contribution is 2.71. The van der Waals surface area contributed by atoms with E-state index in [1.54, 1.807) is 7.11 Å². The van der Waals surface area contributed by atoms with E-state index >= 15 is 0 Å². The molecule has 0 aromatic rings. The van der Waals surface area contributed by atoms with Crippen LogP contribution >= 0.6 is 0 Å². The van der Waals surface area contributed by atoms with Gasteiger partial charge >= 0.3 is 11.9 Å². The number of aliphatic hydroxyl groups is 2. The molecular formula is C22H30O8. The van der Waals surface area contributed by atoms with E-state index in [2.05, 4.69) is 0 Å². The van der Waals surface area contributed by atoms with Crippen molar-refractivity contribution in [2.45, 2.75) is 63.8 Å². The summed E-state index contributed by atoms with van der Waals surface area (Å²) >= 11 is 0. The Labute approximate surface area is 175 Å². The van der Waals surface area contributed by atoms with Crippen LogP contribution in [0.4, 0.5) is 0 Å². The van der Waals surface area contributed by atoms with Crippen molar-refractivity contribution in [2.24, 2.45) is 34.5 Å². The molecule has 0 radical (unpaired) electrons.